The highest BCUT2D eigenvalue weighted by Crippen LogP contribution is 2.48. The van der Waals surface area contributed by atoms with Crippen molar-refractivity contribution < 1.29 is 5.11 Å². The molecule has 1 aliphatic rings. The SMILES string of the molecule is NCCc1ccccc1C1(CO)CC1. The number of benzene rings is 1. The lowest BCUT2D eigenvalue weighted by Crippen LogP contribution is -2.16. The molecule has 0 radical (unpaired) electrons. The lowest BCUT2D eigenvalue weighted by molar-refractivity contribution is 0.254. The van der Waals surface area contributed by atoms with Crippen LogP contribution in [0.15, 0.2) is 24.3 Å². The van der Waals surface area contributed by atoms with Gasteiger partial charge in [0.15, 0.2) is 0 Å². The molecule has 14 heavy (non-hydrogen) atoms. The number of aliphatic hydroxyl groups is 1. The van der Waals surface area contributed by atoms with Gasteiger partial charge in [-0.05, 0) is 36.9 Å². The van der Waals surface area contributed by atoms with E-state index < -0.39 is 0 Å². The van der Waals surface area contributed by atoms with Crippen LogP contribution in [0.1, 0.15) is 24.0 Å². The lowest BCUT2D eigenvalue weighted by atomic mass is 9.91. The Balaban J connectivity index is 2.32. The molecule has 0 atom stereocenters. The van der Waals surface area contributed by atoms with Crippen molar-refractivity contribution in [3.63, 3.8) is 0 Å². The molecule has 2 nitrogen and oxygen atoms in total. The van der Waals surface area contributed by atoms with Crippen molar-refractivity contribution in [2.24, 2.45) is 5.73 Å². The van der Waals surface area contributed by atoms with Crippen LogP contribution in [0.4, 0.5) is 0 Å². The molecular weight excluding hydrogens is 174 g/mol. The van der Waals surface area contributed by atoms with Crippen molar-refractivity contribution in [2.45, 2.75) is 24.7 Å². The third-order valence-electron chi connectivity index (χ3n) is 3.16. The Labute approximate surface area is 84.7 Å². The van der Waals surface area contributed by atoms with E-state index in [0.717, 1.165) is 19.3 Å². The molecule has 0 amide bonds. The van der Waals surface area contributed by atoms with Gasteiger partial charge >= 0.3 is 0 Å². The molecule has 0 bridgehead atoms. The van der Waals surface area contributed by atoms with E-state index in [1.807, 2.05) is 12.1 Å². The molecule has 1 aliphatic carbocycles. The third-order valence-corrected chi connectivity index (χ3v) is 3.16. The van der Waals surface area contributed by atoms with E-state index in [0.29, 0.717) is 6.54 Å². The smallest absolute Gasteiger partial charge is 0.0528 e. The maximum Gasteiger partial charge on any atom is 0.0528 e. The zero-order valence-corrected chi connectivity index (χ0v) is 8.37. The highest BCUT2D eigenvalue weighted by molar-refractivity contribution is 5.38. The zero-order valence-electron chi connectivity index (χ0n) is 8.37. The molecule has 76 valence electrons. The quantitative estimate of drug-likeness (QED) is 0.751. The Morgan fingerprint density at radius 3 is 2.57 bits per heavy atom. The second kappa shape index (κ2) is 3.71. The van der Waals surface area contributed by atoms with E-state index in [4.69, 9.17) is 5.73 Å². The molecule has 3 N–H and O–H groups in total. The summed E-state index contributed by atoms with van der Waals surface area (Å²) in [5.41, 5.74) is 8.27. The van der Waals surface area contributed by atoms with Crippen molar-refractivity contribution >= 4 is 0 Å². The molecule has 0 saturated heterocycles. The van der Waals surface area contributed by atoms with Crippen LogP contribution in [0.25, 0.3) is 0 Å². The molecule has 0 spiro atoms. The summed E-state index contributed by atoms with van der Waals surface area (Å²) in [6, 6.07) is 8.35. The molecule has 0 aromatic heterocycles. The van der Waals surface area contributed by atoms with Gasteiger partial charge in [-0.2, -0.15) is 0 Å². The normalized spacial score (nSPS) is 18.1. The van der Waals surface area contributed by atoms with Crippen molar-refractivity contribution in [1.29, 1.82) is 0 Å². The van der Waals surface area contributed by atoms with Crippen LogP contribution in [-0.4, -0.2) is 18.3 Å². The van der Waals surface area contributed by atoms with Gasteiger partial charge in [0.25, 0.3) is 0 Å². The molecule has 2 heteroatoms. The van der Waals surface area contributed by atoms with E-state index in [9.17, 15) is 5.11 Å². The molecule has 0 aliphatic heterocycles. The van der Waals surface area contributed by atoms with Gasteiger partial charge in [-0.3, -0.25) is 0 Å². The summed E-state index contributed by atoms with van der Waals surface area (Å²) in [6.45, 7) is 0.951. The molecular formula is C12H17NO. The Hall–Kier alpha value is -0.860. The topological polar surface area (TPSA) is 46.2 Å². The number of nitrogens with two attached hydrogens (primary N) is 1. The summed E-state index contributed by atoms with van der Waals surface area (Å²) in [7, 11) is 0. The number of hydrogen-bond donors (Lipinski definition) is 2. The van der Waals surface area contributed by atoms with Gasteiger partial charge in [0, 0.05) is 5.41 Å². The van der Waals surface area contributed by atoms with Crippen molar-refractivity contribution in [1.82, 2.24) is 0 Å². The predicted octanol–water partition coefficient (Wildman–Crippen LogP) is 1.21. The van der Waals surface area contributed by atoms with Gasteiger partial charge in [-0.1, -0.05) is 24.3 Å². The average Bonchev–Trinajstić information content (AvgIpc) is 3.00. The van der Waals surface area contributed by atoms with Crippen LogP contribution in [0.3, 0.4) is 0 Å². The Morgan fingerprint density at radius 1 is 1.29 bits per heavy atom. The van der Waals surface area contributed by atoms with Crippen LogP contribution >= 0.6 is 0 Å². The van der Waals surface area contributed by atoms with E-state index in [1.165, 1.54) is 11.1 Å². The summed E-state index contributed by atoms with van der Waals surface area (Å²) < 4.78 is 0. The molecule has 0 heterocycles. The molecule has 1 aromatic rings. The van der Waals surface area contributed by atoms with E-state index in [1.54, 1.807) is 0 Å². The number of aliphatic hydroxyl groups excluding tert-OH is 1. The molecule has 1 fully saturated rings. The summed E-state index contributed by atoms with van der Waals surface area (Å²) in [6.07, 6.45) is 3.15. The lowest BCUT2D eigenvalue weighted by Gasteiger charge is -2.16. The average molecular weight is 191 g/mol. The fraction of sp³-hybridized carbons (Fsp3) is 0.500. The van der Waals surface area contributed by atoms with Crippen molar-refractivity contribution in [2.75, 3.05) is 13.2 Å². The summed E-state index contributed by atoms with van der Waals surface area (Å²) >= 11 is 0. The van der Waals surface area contributed by atoms with Gasteiger partial charge in [-0.25, -0.2) is 0 Å². The Bertz CT molecular complexity index is 318. The monoisotopic (exact) mass is 191 g/mol. The van der Waals surface area contributed by atoms with E-state index in [-0.39, 0.29) is 12.0 Å². The van der Waals surface area contributed by atoms with Crippen LogP contribution in [0.2, 0.25) is 0 Å². The maximum absolute atomic E-state index is 9.37. The summed E-state index contributed by atoms with van der Waals surface area (Å²) in [4.78, 5) is 0. The highest BCUT2D eigenvalue weighted by atomic mass is 16.3. The largest absolute Gasteiger partial charge is 0.395 e. The van der Waals surface area contributed by atoms with E-state index in [2.05, 4.69) is 12.1 Å². The molecule has 0 unspecified atom stereocenters. The van der Waals surface area contributed by atoms with Gasteiger partial charge in [0.1, 0.15) is 0 Å². The highest BCUT2D eigenvalue weighted by Gasteiger charge is 2.44. The maximum atomic E-state index is 9.37. The van der Waals surface area contributed by atoms with Crippen LogP contribution < -0.4 is 5.73 Å². The second-order valence-corrected chi connectivity index (χ2v) is 4.13. The predicted molar refractivity (Wildman–Crippen MR) is 57.2 cm³/mol. The minimum absolute atomic E-state index is 0.0752. The second-order valence-electron chi connectivity index (χ2n) is 4.13. The van der Waals surface area contributed by atoms with Gasteiger partial charge in [0.05, 0.1) is 6.61 Å². The fourth-order valence-corrected chi connectivity index (χ4v) is 2.07. The van der Waals surface area contributed by atoms with E-state index >= 15 is 0 Å². The van der Waals surface area contributed by atoms with Gasteiger partial charge in [-0.15, -0.1) is 0 Å². The first-order valence-corrected chi connectivity index (χ1v) is 5.22. The summed E-state index contributed by atoms with van der Waals surface area (Å²) in [5, 5.41) is 9.37. The first-order valence-electron chi connectivity index (χ1n) is 5.22. The van der Waals surface area contributed by atoms with Crippen LogP contribution in [-0.2, 0) is 11.8 Å². The minimum Gasteiger partial charge on any atom is -0.395 e. The Kier molecular flexibility index (Phi) is 2.57. The summed E-state index contributed by atoms with van der Waals surface area (Å²) in [5.74, 6) is 0. The standard InChI is InChI=1S/C12H17NO/c13-8-5-10-3-1-2-4-11(10)12(9-14)6-7-12/h1-4,14H,5-9,13H2. The minimum atomic E-state index is 0.0752. The third kappa shape index (κ3) is 1.56. The van der Waals surface area contributed by atoms with Crippen molar-refractivity contribution in [3.05, 3.63) is 35.4 Å². The van der Waals surface area contributed by atoms with Gasteiger partial charge in [0.2, 0.25) is 0 Å². The first-order chi connectivity index (χ1) is 6.82. The van der Waals surface area contributed by atoms with Crippen molar-refractivity contribution in [3.8, 4) is 0 Å². The number of hydrogen-bond acceptors (Lipinski definition) is 2. The first kappa shape index (κ1) is 9.69. The zero-order chi connectivity index (χ0) is 10.0. The molecule has 1 aromatic carbocycles. The number of rotatable bonds is 4. The molecule has 2 rings (SSSR count). The fourth-order valence-electron chi connectivity index (χ4n) is 2.07. The van der Waals surface area contributed by atoms with Crippen LogP contribution in [0, 0.1) is 0 Å². The molecule has 1 saturated carbocycles. The van der Waals surface area contributed by atoms with Gasteiger partial charge < -0.3 is 10.8 Å². The Morgan fingerprint density at radius 2 is 2.00 bits per heavy atom. The van der Waals surface area contributed by atoms with Crippen LogP contribution in [0.5, 0.6) is 0 Å².